The highest BCUT2D eigenvalue weighted by molar-refractivity contribution is 7.10. The molecule has 0 fully saturated rings. The fourth-order valence-electron chi connectivity index (χ4n) is 2.01. The Hall–Kier alpha value is -2.14. The van der Waals surface area contributed by atoms with E-state index in [1.54, 1.807) is 29.5 Å². The third kappa shape index (κ3) is 4.16. The molecule has 0 aliphatic carbocycles. The van der Waals surface area contributed by atoms with Crippen LogP contribution in [0.5, 0.6) is 0 Å². The van der Waals surface area contributed by atoms with E-state index in [9.17, 15) is 9.59 Å². The first kappa shape index (κ1) is 15.3. The van der Waals surface area contributed by atoms with Gasteiger partial charge in [0.2, 0.25) is 5.91 Å². The summed E-state index contributed by atoms with van der Waals surface area (Å²) in [6.45, 7) is 2.38. The maximum Gasteiger partial charge on any atom is 0.335 e. The lowest BCUT2D eigenvalue weighted by molar-refractivity contribution is -0.122. The molecule has 0 radical (unpaired) electrons. The van der Waals surface area contributed by atoms with Gasteiger partial charge in [0.1, 0.15) is 0 Å². The minimum Gasteiger partial charge on any atom is -0.478 e. The van der Waals surface area contributed by atoms with Gasteiger partial charge >= 0.3 is 5.97 Å². The van der Waals surface area contributed by atoms with Gasteiger partial charge in [0.15, 0.2) is 0 Å². The van der Waals surface area contributed by atoms with Gasteiger partial charge < -0.3 is 10.4 Å². The largest absolute Gasteiger partial charge is 0.478 e. The molecule has 1 aromatic carbocycles. The Morgan fingerprint density at radius 1 is 1.29 bits per heavy atom. The molecule has 1 heterocycles. The van der Waals surface area contributed by atoms with Crippen LogP contribution in [0.3, 0.4) is 0 Å². The third-order valence-corrected chi connectivity index (χ3v) is 4.31. The molecule has 1 aromatic heterocycles. The number of aromatic carboxylic acids is 1. The molecule has 1 amide bonds. The van der Waals surface area contributed by atoms with E-state index in [2.05, 4.69) is 5.32 Å². The fraction of sp³-hybridized carbons (Fsp3) is 0.250. The van der Waals surface area contributed by atoms with Gasteiger partial charge in [0.05, 0.1) is 11.5 Å². The van der Waals surface area contributed by atoms with Crippen molar-refractivity contribution >= 4 is 23.2 Å². The summed E-state index contributed by atoms with van der Waals surface area (Å²) >= 11 is 1.57. The van der Waals surface area contributed by atoms with Gasteiger partial charge in [0.25, 0.3) is 0 Å². The molecule has 4 nitrogen and oxygen atoms in total. The number of carbonyl (C=O) groups is 2. The molecule has 5 heteroatoms. The van der Waals surface area contributed by atoms with E-state index in [1.807, 2.05) is 30.5 Å². The first-order valence-electron chi connectivity index (χ1n) is 6.71. The maximum absolute atomic E-state index is 12.0. The summed E-state index contributed by atoms with van der Waals surface area (Å²) in [6.07, 6.45) is 0.615. The first-order valence-corrected chi connectivity index (χ1v) is 7.59. The minimum absolute atomic E-state index is 0.00756. The topological polar surface area (TPSA) is 66.4 Å². The summed E-state index contributed by atoms with van der Waals surface area (Å²) in [4.78, 5) is 23.9. The lowest BCUT2D eigenvalue weighted by atomic mass is 10.1. The van der Waals surface area contributed by atoms with Crippen LogP contribution in [0.4, 0.5) is 0 Å². The normalized spacial score (nSPS) is 11.9. The number of hydrogen-bond acceptors (Lipinski definition) is 3. The molecule has 1 unspecified atom stereocenters. The third-order valence-electron chi connectivity index (χ3n) is 3.25. The zero-order valence-electron chi connectivity index (χ0n) is 11.7. The van der Waals surface area contributed by atoms with E-state index >= 15 is 0 Å². The summed E-state index contributed by atoms with van der Waals surface area (Å²) < 4.78 is 0. The zero-order valence-corrected chi connectivity index (χ0v) is 12.5. The molecule has 1 atom stereocenters. The summed E-state index contributed by atoms with van der Waals surface area (Å²) in [7, 11) is 0. The van der Waals surface area contributed by atoms with Crippen LogP contribution in [-0.2, 0) is 11.2 Å². The second-order valence-corrected chi connectivity index (χ2v) is 5.76. The Labute approximate surface area is 127 Å². The molecule has 0 aliphatic rings. The molecule has 0 spiro atoms. The number of carbonyl (C=O) groups excluding carboxylic acids is 1. The van der Waals surface area contributed by atoms with Crippen LogP contribution in [0, 0.1) is 0 Å². The highest BCUT2D eigenvalue weighted by atomic mass is 32.1. The highest BCUT2D eigenvalue weighted by Crippen LogP contribution is 2.20. The maximum atomic E-state index is 12.0. The number of amides is 1. The quantitative estimate of drug-likeness (QED) is 0.862. The lowest BCUT2D eigenvalue weighted by Gasteiger charge is -2.10. The summed E-state index contributed by atoms with van der Waals surface area (Å²) in [5.74, 6) is -1.10. The van der Waals surface area contributed by atoms with E-state index in [4.69, 9.17) is 5.11 Å². The number of benzene rings is 1. The van der Waals surface area contributed by atoms with Crippen LogP contribution in [0.1, 0.15) is 33.6 Å². The monoisotopic (exact) mass is 303 g/mol. The van der Waals surface area contributed by atoms with Crippen LogP contribution in [0.15, 0.2) is 41.8 Å². The average Bonchev–Trinajstić information content (AvgIpc) is 3.00. The van der Waals surface area contributed by atoms with E-state index in [0.717, 1.165) is 10.4 Å². The molecule has 110 valence electrons. The van der Waals surface area contributed by atoms with Crippen molar-refractivity contribution in [1.29, 1.82) is 0 Å². The van der Waals surface area contributed by atoms with Crippen molar-refractivity contribution in [3.05, 3.63) is 57.8 Å². The average molecular weight is 303 g/mol. The van der Waals surface area contributed by atoms with Crippen molar-refractivity contribution < 1.29 is 14.7 Å². The number of carboxylic acids is 1. The number of carboxylic acid groups (broad SMARTS) is 1. The smallest absolute Gasteiger partial charge is 0.335 e. The van der Waals surface area contributed by atoms with E-state index in [0.29, 0.717) is 13.0 Å². The molecule has 2 N–H and O–H groups in total. The molecule has 2 rings (SSSR count). The number of hydrogen-bond donors (Lipinski definition) is 2. The van der Waals surface area contributed by atoms with E-state index < -0.39 is 5.97 Å². The van der Waals surface area contributed by atoms with Crippen LogP contribution in [0.2, 0.25) is 0 Å². The molecule has 0 saturated heterocycles. The van der Waals surface area contributed by atoms with Crippen molar-refractivity contribution in [1.82, 2.24) is 5.32 Å². The van der Waals surface area contributed by atoms with Gasteiger partial charge in [-0.15, -0.1) is 11.3 Å². The second kappa shape index (κ2) is 7.04. The fourth-order valence-corrected chi connectivity index (χ4v) is 2.79. The summed E-state index contributed by atoms with van der Waals surface area (Å²) in [6, 6.07) is 10.7. The number of rotatable bonds is 6. The van der Waals surface area contributed by atoms with Crippen molar-refractivity contribution in [3.63, 3.8) is 0 Å². The van der Waals surface area contributed by atoms with Gasteiger partial charge in [-0.2, -0.15) is 0 Å². The van der Waals surface area contributed by atoms with Gasteiger partial charge in [-0.25, -0.2) is 4.79 Å². The predicted molar refractivity (Wildman–Crippen MR) is 82.8 cm³/mol. The lowest BCUT2D eigenvalue weighted by Crippen LogP contribution is -2.29. The molecule has 0 aliphatic heterocycles. The number of nitrogens with one attached hydrogen (secondary N) is 1. The van der Waals surface area contributed by atoms with Gasteiger partial charge in [-0.3, -0.25) is 4.79 Å². The molecule has 21 heavy (non-hydrogen) atoms. The Morgan fingerprint density at radius 2 is 2.10 bits per heavy atom. The van der Waals surface area contributed by atoms with Crippen LogP contribution >= 0.6 is 11.3 Å². The Kier molecular flexibility index (Phi) is 5.11. The minimum atomic E-state index is -0.938. The van der Waals surface area contributed by atoms with Gasteiger partial charge in [-0.1, -0.05) is 18.2 Å². The number of thiophene rings is 1. The molecule has 2 aromatic rings. The zero-order chi connectivity index (χ0) is 15.2. The second-order valence-electron chi connectivity index (χ2n) is 4.78. The Bertz CT molecular complexity index is 622. The SMILES string of the molecule is CC(C(=O)NCCc1cccc(C(=O)O)c1)c1cccs1. The molecular formula is C16H17NO3S. The van der Waals surface area contributed by atoms with Crippen LogP contribution < -0.4 is 5.32 Å². The standard InChI is InChI=1S/C16H17NO3S/c1-11(14-6-3-9-21-14)15(18)17-8-7-12-4-2-5-13(10-12)16(19)20/h2-6,9-11H,7-8H2,1H3,(H,17,18)(H,19,20). The Morgan fingerprint density at radius 3 is 2.76 bits per heavy atom. The predicted octanol–water partition coefficient (Wildman–Crippen LogP) is 2.91. The molecule has 0 saturated carbocycles. The van der Waals surface area contributed by atoms with Crippen molar-refractivity contribution in [2.75, 3.05) is 6.54 Å². The molecule has 0 bridgehead atoms. The highest BCUT2D eigenvalue weighted by Gasteiger charge is 2.15. The van der Waals surface area contributed by atoms with E-state index in [1.165, 1.54) is 0 Å². The van der Waals surface area contributed by atoms with Gasteiger partial charge in [-0.05, 0) is 42.5 Å². The van der Waals surface area contributed by atoms with Crippen molar-refractivity contribution in [2.45, 2.75) is 19.3 Å². The Balaban J connectivity index is 1.85. The first-order chi connectivity index (χ1) is 10.1. The van der Waals surface area contributed by atoms with Crippen LogP contribution in [0.25, 0.3) is 0 Å². The molecular weight excluding hydrogens is 286 g/mol. The van der Waals surface area contributed by atoms with Crippen LogP contribution in [-0.4, -0.2) is 23.5 Å². The van der Waals surface area contributed by atoms with Crippen molar-refractivity contribution in [3.8, 4) is 0 Å². The van der Waals surface area contributed by atoms with Crippen molar-refractivity contribution in [2.24, 2.45) is 0 Å². The summed E-state index contributed by atoms with van der Waals surface area (Å²) in [5.41, 5.74) is 1.17. The van der Waals surface area contributed by atoms with E-state index in [-0.39, 0.29) is 17.4 Å². The summed E-state index contributed by atoms with van der Waals surface area (Å²) in [5, 5.41) is 13.8. The van der Waals surface area contributed by atoms with Gasteiger partial charge in [0, 0.05) is 11.4 Å².